The minimum absolute atomic E-state index is 0.164. The van der Waals surface area contributed by atoms with E-state index in [-0.39, 0.29) is 11.4 Å². The van der Waals surface area contributed by atoms with Gasteiger partial charge in [0.25, 0.3) is 0 Å². The summed E-state index contributed by atoms with van der Waals surface area (Å²) < 4.78 is 11.0. The SMILES string of the molecule is CC(OCCOC(C)(C)C)C(=O)c1ccc(Cl)cc1Cl. The van der Waals surface area contributed by atoms with Gasteiger partial charge in [-0.2, -0.15) is 0 Å². The van der Waals surface area contributed by atoms with E-state index in [1.807, 2.05) is 20.8 Å². The van der Waals surface area contributed by atoms with E-state index in [1.54, 1.807) is 25.1 Å². The molecule has 20 heavy (non-hydrogen) atoms. The molecule has 3 nitrogen and oxygen atoms in total. The van der Waals surface area contributed by atoms with E-state index in [9.17, 15) is 4.79 Å². The van der Waals surface area contributed by atoms with Crippen molar-refractivity contribution in [3.63, 3.8) is 0 Å². The van der Waals surface area contributed by atoms with Crippen LogP contribution in [0.2, 0.25) is 10.0 Å². The number of ketones is 1. The first kappa shape index (κ1) is 17.4. The Morgan fingerprint density at radius 2 is 1.90 bits per heavy atom. The van der Waals surface area contributed by atoms with Crippen LogP contribution in [-0.2, 0) is 9.47 Å². The minimum Gasteiger partial charge on any atom is -0.373 e. The van der Waals surface area contributed by atoms with Crippen LogP contribution in [0.1, 0.15) is 38.1 Å². The van der Waals surface area contributed by atoms with Crippen LogP contribution < -0.4 is 0 Å². The number of Topliss-reactive ketones (excluding diaryl/α,β-unsaturated/α-hetero) is 1. The van der Waals surface area contributed by atoms with Gasteiger partial charge in [-0.1, -0.05) is 23.2 Å². The van der Waals surface area contributed by atoms with Crippen LogP contribution >= 0.6 is 23.2 Å². The van der Waals surface area contributed by atoms with E-state index < -0.39 is 6.10 Å². The lowest BCUT2D eigenvalue weighted by Gasteiger charge is -2.20. The van der Waals surface area contributed by atoms with Gasteiger partial charge in [-0.05, 0) is 45.9 Å². The summed E-state index contributed by atoms with van der Waals surface area (Å²) in [5.41, 5.74) is 0.205. The van der Waals surface area contributed by atoms with Crippen LogP contribution in [0.4, 0.5) is 0 Å². The Kier molecular flexibility index (Phi) is 6.46. The summed E-state index contributed by atoms with van der Waals surface area (Å²) in [6, 6.07) is 4.79. The maximum atomic E-state index is 12.2. The number of rotatable bonds is 6. The van der Waals surface area contributed by atoms with Crippen molar-refractivity contribution in [2.45, 2.75) is 39.4 Å². The van der Waals surface area contributed by atoms with Crippen LogP contribution in [0.25, 0.3) is 0 Å². The second kappa shape index (κ2) is 7.41. The number of carbonyl (C=O) groups is 1. The monoisotopic (exact) mass is 318 g/mol. The first-order valence-corrected chi connectivity index (χ1v) is 7.21. The van der Waals surface area contributed by atoms with E-state index >= 15 is 0 Å². The number of hydrogen-bond acceptors (Lipinski definition) is 3. The van der Waals surface area contributed by atoms with E-state index in [0.717, 1.165) is 0 Å². The van der Waals surface area contributed by atoms with Crippen LogP contribution in [0.5, 0.6) is 0 Å². The minimum atomic E-state index is -0.572. The highest BCUT2D eigenvalue weighted by atomic mass is 35.5. The van der Waals surface area contributed by atoms with Gasteiger partial charge in [-0.25, -0.2) is 0 Å². The lowest BCUT2D eigenvalue weighted by Crippen LogP contribution is -2.26. The van der Waals surface area contributed by atoms with Crippen LogP contribution in [-0.4, -0.2) is 30.7 Å². The Bertz CT molecular complexity index is 467. The number of halogens is 2. The second-order valence-electron chi connectivity index (χ2n) is 5.46. The average Bonchev–Trinajstić information content (AvgIpc) is 2.32. The van der Waals surface area contributed by atoms with Crippen molar-refractivity contribution in [2.75, 3.05) is 13.2 Å². The largest absolute Gasteiger partial charge is 0.373 e. The molecule has 1 atom stereocenters. The molecule has 0 heterocycles. The maximum absolute atomic E-state index is 12.2. The standard InChI is InChI=1S/C15H20Cl2O3/c1-10(19-7-8-20-15(2,3)4)14(18)12-6-5-11(16)9-13(12)17/h5-6,9-10H,7-8H2,1-4H3. The van der Waals surface area contributed by atoms with Crippen molar-refractivity contribution in [2.24, 2.45) is 0 Å². The molecular weight excluding hydrogens is 299 g/mol. The summed E-state index contributed by atoms with van der Waals surface area (Å²) >= 11 is 11.8. The number of ether oxygens (including phenoxy) is 2. The van der Waals surface area contributed by atoms with Crippen LogP contribution in [0.3, 0.4) is 0 Å². The molecule has 0 radical (unpaired) electrons. The second-order valence-corrected chi connectivity index (χ2v) is 6.31. The van der Waals surface area contributed by atoms with Gasteiger partial charge in [-0.3, -0.25) is 4.79 Å². The molecule has 1 unspecified atom stereocenters. The van der Waals surface area contributed by atoms with Gasteiger partial charge < -0.3 is 9.47 Å². The Balaban J connectivity index is 2.51. The Hall–Kier alpha value is -0.610. The summed E-state index contributed by atoms with van der Waals surface area (Å²) in [5, 5.41) is 0.836. The van der Waals surface area contributed by atoms with Crippen LogP contribution in [0.15, 0.2) is 18.2 Å². The van der Waals surface area contributed by atoms with E-state index in [0.29, 0.717) is 28.8 Å². The maximum Gasteiger partial charge on any atom is 0.192 e. The van der Waals surface area contributed by atoms with Crippen LogP contribution in [0, 0.1) is 0 Å². The Labute approximate surface area is 130 Å². The molecule has 0 saturated heterocycles. The lowest BCUT2D eigenvalue weighted by molar-refractivity contribution is -0.0436. The van der Waals surface area contributed by atoms with Crippen molar-refractivity contribution in [3.05, 3.63) is 33.8 Å². The predicted octanol–water partition coefficient (Wildman–Crippen LogP) is 4.40. The number of carbonyl (C=O) groups excluding carboxylic acids is 1. The molecule has 0 aliphatic carbocycles. The zero-order valence-corrected chi connectivity index (χ0v) is 13.7. The molecule has 0 spiro atoms. The van der Waals surface area contributed by atoms with E-state index in [4.69, 9.17) is 32.7 Å². The molecule has 5 heteroatoms. The summed E-state index contributed by atoms with van der Waals surface area (Å²) in [6.45, 7) is 8.40. The van der Waals surface area contributed by atoms with Gasteiger partial charge in [0.1, 0.15) is 6.10 Å². The molecule has 0 aliphatic rings. The zero-order chi connectivity index (χ0) is 15.3. The lowest BCUT2D eigenvalue weighted by atomic mass is 10.1. The summed E-state index contributed by atoms with van der Waals surface area (Å²) in [7, 11) is 0. The van der Waals surface area contributed by atoms with Crippen molar-refractivity contribution < 1.29 is 14.3 Å². The fourth-order valence-electron chi connectivity index (χ4n) is 1.56. The van der Waals surface area contributed by atoms with Crippen molar-refractivity contribution in [3.8, 4) is 0 Å². The summed E-state index contributed by atoms with van der Waals surface area (Å²) in [5.74, 6) is -0.164. The molecule has 1 rings (SSSR count). The van der Waals surface area contributed by atoms with E-state index in [2.05, 4.69) is 0 Å². The molecular formula is C15H20Cl2O3. The normalized spacial score (nSPS) is 13.3. The first-order valence-electron chi connectivity index (χ1n) is 6.45. The molecule has 0 N–H and O–H groups in total. The Morgan fingerprint density at radius 3 is 2.45 bits per heavy atom. The molecule has 0 saturated carbocycles. The van der Waals surface area contributed by atoms with Gasteiger partial charge in [-0.15, -0.1) is 0 Å². The summed E-state index contributed by atoms with van der Waals surface area (Å²) in [4.78, 5) is 12.2. The number of hydrogen-bond donors (Lipinski definition) is 0. The summed E-state index contributed by atoms with van der Waals surface area (Å²) in [6.07, 6.45) is -0.572. The van der Waals surface area contributed by atoms with Gasteiger partial charge in [0.15, 0.2) is 5.78 Å². The first-order chi connectivity index (χ1) is 9.20. The van der Waals surface area contributed by atoms with Crippen molar-refractivity contribution >= 4 is 29.0 Å². The third-order valence-electron chi connectivity index (χ3n) is 2.55. The van der Waals surface area contributed by atoms with Gasteiger partial charge in [0, 0.05) is 10.6 Å². The van der Waals surface area contributed by atoms with E-state index in [1.165, 1.54) is 0 Å². The van der Waals surface area contributed by atoms with Gasteiger partial charge >= 0.3 is 0 Å². The third kappa shape index (κ3) is 5.80. The van der Waals surface area contributed by atoms with Gasteiger partial charge in [0.05, 0.1) is 23.8 Å². The average molecular weight is 319 g/mol. The molecule has 0 fully saturated rings. The number of benzene rings is 1. The highest BCUT2D eigenvalue weighted by molar-refractivity contribution is 6.37. The fourth-order valence-corrected chi connectivity index (χ4v) is 2.06. The highest BCUT2D eigenvalue weighted by Gasteiger charge is 2.19. The third-order valence-corrected chi connectivity index (χ3v) is 3.10. The zero-order valence-electron chi connectivity index (χ0n) is 12.2. The van der Waals surface area contributed by atoms with Gasteiger partial charge in [0.2, 0.25) is 0 Å². The van der Waals surface area contributed by atoms with Crippen molar-refractivity contribution in [1.82, 2.24) is 0 Å². The molecule has 0 aromatic heterocycles. The fraction of sp³-hybridized carbons (Fsp3) is 0.533. The highest BCUT2D eigenvalue weighted by Crippen LogP contribution is 2.22. The topological polar surface area (TPSA) is 35.5 Å². The molecule has 0 aliphatic heterocycles. The Morgan fingerprint density at radius 1 is 1.25 bits per heavy atom. The smallest absolute Gasteiger partial charge is 0.192 e. The predicted molar refractivity (Wildman–Crippen MR) is 81.9 cm³/mol. The molecule has 1 aromatic rings. The van der Waals surface area contributed by atoms with Crippen molar-refractivity contribution in [1.29, 1.82) is 0 Å². The molecule has 0 amide bonds. The molecule has 112 valence electrons. The quantitative estimate of drug-likeness (QED) is 0.576. The molecule has 1 aromatic carbocycles. The molecule has 0 bridgehead atoms.